The Morgan fingerprint density at radius 2 is 1.42 bits per heavy atom. The van der Waals surface area contributed by atoms with Crippen molar-refractivity contribution in [3.63, 3.8) is 0 Å². The molecule has 3 aromatic carbocycles. The Kier molecular flexibility index (Phi) is 2.74. The number of benzene rings is 3. The van der Waals surface area contributed by atoms with E-state index in [4.69, 9.17) is 0 Å². The highest BCUT2D eigenvalue weighted by Crippen LogP contribution is 2.46. The third kappa shape index (κ3) is 1.94. The fraction of sp³-hybridized carbons (Fsp3) is 0.0714. The lowest BCUT2D eigenvalue weighted by molar-refractivity contribution is 1.23. The summed E-state index contributed by atoms with van der Waals surface area (Å²) in [5, 5.41) is 3.69. The van der Waals surface area contributed by atoms with Crippen LogP contribution in [-0.2, 0) is 12.8 Å². The molecule has 0 atom stereocenters. The Balaban J connectivity index is 1.43. The van der Waals surface area contributed by atoms with Crippen molar-refractivity contribution in [3.05, 3.63) is 102 Å². The van der Waals surface area contributed by atoms with E-state index in [0.29, 0.717) is 0 Å². The third-order valence-corrected chi connectivity index (χ3v) is 7.16. The molecule has 0 aliphatic heterocycles. The Bertz CT molecular complexity index is 1740. The molecular weight excluding hydrogens is 378 g/mol. The van der Waals surface area contributed by atoms with Crippen molar-refractivity contribution in [1.29, 1.82) is 0 Å². The molecule has 0 unspecified atom stereocenters. The van der Waals surface area contributed by atoms with E-state index in [0.717, 1.165) is 24.0 Å². The van der Waals surface area contributed by atoms with Crippen LogP contribution in [0.1, 0.15) is 22.3 Å². The van der Waals surface area contributed by atoms with Gasteiger partial charge in [0.2, 0.25) is 0 Å². The first-order chi connectivity index (χ1) is 15.3. The minimum atomic E-state index is 0.983. The van der Waals surface area contributed by atoms with Gasteiger partial charge in [-0.2, -0.15) is 0 Å². The van der Waals surface area contributed by atoms with Gasteiger partial charge in [0, 0.05) is 29.4 Å². The first kappa shape index (κ1) is 15.8. The molecule has 0 saturated carbocycles. The van der Waals surface area contributed by atoms with Gasteiger partial charge in [-0.25, -0.2) is 4.98 Å². The van der Waals surface area contributed by atoms with Gasteiger partial charge in [-0.1, -0.05) is 24.3 Å². The number of hydrogen-bond acceptors (Lipinski definition) is 2. The number of pyridine rings is 2. The van der Waals surface area contributed by atoms with E-state index in [2.05, 4.69) is 69.0 Å². The van der Waals surface area contributed by atoms with Gasteiger partial charge in [-0.15, -0.1) is 0 Å². The molecule has 3 nitrogen and oxygen atoms in total. The summed E-state index contributed by atoms with van der Waals surface area (Å²) in [6.07, 6.45) is 9.75. The standard InChI is InChI=1S/C28H17N3/c1-2-4-20-16(3-1)9-17-12-23-18(11-22(17)20)10-19-13-26-25(14-24(19)23)21-5-6-29-15-27(21)31-8-7-30-28(26)31/h1-8,11-15H,9-10H2. The second-order valence-corrected chi connectivity index (χ2v) is 8.75. The maximum Gasteiger partial charge on any atom is 0.145 e. The molecule has 3 heterocycles. The van der Waals surface area contributed by atoms with Crippen LogP contribution in [-0.4, -0.2) is 14.4 Å². The fourth-order valence-corrected chi connectivity index (χ4v) is 5.78. The van der Waals surface area contributed by atoms with Gasteiger partial charge in [-0.3, -0.25) is 9.38 Å². The van der Waals surface area contributed by atoms with E-state index in [9.17, 15) is 0 Å². The maximum absolute atomic E-state index is 4.68. The number of fused-ring (bicyclic) bond motifs is 12. The van der Waals surface area contributed by atoms with Crippen molar-refractivity contribution >= 4 is 27.3 Å². The van der Waals surface area contributed by atoms with E-state index in [-0.39, 0.29) is 0 Å². The summed E-state index contributed by atoms with van der Waals surface area (Å²) in [5.41, 5.74) is 13.4. The Hall–Kier alpha value is -3.98. The van der Waals surface area contributed by atoms with Gasteiger partial charge in [0.25, 0.3) is 0 Å². The van der Waals surface area contributed by atoms with Crippen LogP contribution < -0.4 is 0 Å². The van der Waals surface area contributed by atoms with Crippen LogP contribution in [0.15, 0.2) is 79.4 Å². The lowest BCUT2D eigenvalue weighted by Crippen LogP contribution is -1.92. The van der Waals surface area contributed by atoms with Gasteiger partial charge < -0.3 is 0 Å². The largest absolute Gasteiger partial charge is 0.298 e. The molecule has 8 rings (SSSR count). The Morgan fingerprint density at radius 1 is 0.645 bits per heavy atom. The molecule has 144 valence electrons. The average Bonchev–Trinajstić information content (AvgIpc) is 3.51. The van der Waals surface area contributed by atoms with Crippen LogP contribution in [0.4, 0.5) is 0 Å². The zero-order valence-corrected chi connectivity index (χ0v) is 16.8. The quantitative estimate of drug-likeness (QED) is 0.287. The molecule has 0 amide bonds. The molecule has 6 aromatic rings. The SMILES string of the molecule is c1ccc2c(c1)Cc1cc3c(cc1-2)Cc1cc2c(cc1-3)c1ccncc1n1ccnc21. The minimum Gasteiger partial charge on any atom is -0.298 e. The summed E-state index contributed by atoms with van der Waals surface area (Å²) >= 11 is 0. The third-order valence-electron chi connectivity index (χ3n) is 7.16. The van der Waals surface area contributed by atoms with Crippen LogP contribution in [0.5, 0.6) is 0 Å². The van der Waals surface area contributed by atoms with Crippen LogP contribution >= 0.6 is 0 Å². The summed E-state index contributed by atoms with van der Waals surface area (Å²) in [5.74, 6) is 0. The van der Waals surface area contributed by atoms with Crippen molar-refractivity contribution in [2.24, 2.45) is 0 Å². The first-order valence-corrected chi connectivity index (χ1v) is 10.7. The Labute approximate surface area is 178 Å². The average molecular weight is 395 g/mol. The molecular formula is C28H17N3. The molecule has 2 aliphatic rings. The summed E-state index contributed by atoms with van der Waals surface area (Å²) in [6, 6.07) is 20.6. The van der Waals surface area contributed by atoms with Crippen LogP contribution in [0, 0.1) is 0 Å². The number of imidazole rings is 1. The number of rotatable bonds is 0. The zero-order chi connectivity index (χ0) is 20.1. The minimum absolute atomic E-state index is 0.983. The van der Waals surface area contributed by atoms with Crippen molar-refractivity contribution < 1.29 is 0 Å². The van der Waals surface area contributed by atoms with Crippen molar-refractivity contribution in [2.75, 3.05) is 0 Å². The highest BCUT2D eigenvalue weighted by molar-refractivity contribution is 6.13. The first-order valence-electron chi connectivity index (χ1n) is 10.7. The highest BCUT2D eigenvalue weighted by atomic mass is 15.0. The molecule has 31 heavy (non-hydrogen) atoms. The molecule has 0 spiro atoms. The van der Waals surface area contributed by atoms with E-state index >= 15 is 0 Å². The predicted octanol–water partition coefficient (Wildman–Crippen LogP) is 6.18. The van der Waals surface area contributed by atoms with Crippen LogP contribution in [0.3, 0.4) is 0 Å². The monoisotopic (exact) mass is 395 g/mol. The van der Waals surface area contributed by atoms with Crippen LogP contribution in [0.25, 0.3) is 49.6 Å². The van der Waals surface area contributed by atoms with Gasteiger partial charge in [0.05, 0.1) is 11.7 Å². The van der Waals surface area contributed by atoms with Gasteiger partial charge in [0.15, 0.2) is 0 Å². The molecule has 3 heteroatoms. The van der Waals surface area contributed by atoms with E-state index < -0.39 is 0 Å². The predicted molar refractivity (Wildman–Crippen MR) is 124 cm³/mol. The second kappa shape index (κ2) is 5.38. The topological polar surface area (TPSA) is 30.2 Å². The maximum atomic E-state index is 4.68. The normalized spacial score (nSPS) is 13.5. The number of hydrogen-bond donors (Lipinski definition) is 0. The highest BCUT2D eigenvalue weighted by Gasteiger charge is 2.26. The smallest absolute Gasteiger partial charge is 0.145 e. The summed E-state index contributed by atoms with van der Waals surface area (Å²) in [6.45, 7) is 0. The second-order valence-electron chi connectivity index (χ2n) is 8.75. The summed E-state index contributed by atoms with van der Waals surface area (Å²) in [4.78, 5) is 9.05. The summed E-state index contributed by atoms with van der Waals surface area (Å²) in [7, 11) is 0. The van der Waals surface area contributed by atoms with Gasteiger partial charge in [0.1, 0.15) is 5.65 Å². The van der Waals surface area contributed by atoms with Gasteiger partial charge >= 0.3 is 0 Å². The number of nitrogens with zero attached hydrogens (tertiary/aromatic N) is 3. The molecule has 0 saturated heterocycles. The lowest BCUT2D eigenvalue weighted by Gasteiger charge is -2.11. The Morgan fingerprint density at radius 3 is 2.35 bits per heavy atom. The summed E-state index contributed by atoms with van der Waals surface area (Å²) < 4.78 is 2.16. The van der Waals surface area contributed by atoms with Crippen molar-refractivity contribution in [3.8, 4) is 22.3 Å². The van der Waals surface area contributed by atoms with Crippen LogP contribution in [0.2, 0.25) is 0 Å². The molecule has 2 aliphatic carbocycles. The lowest BCUT2D eigenvalue weighted by atomic mass is 9.96. The molecule has 0 radical (unpaired) electrons. The van der Waals surface area contributed by atoms with E-state index in [1.807, 2.05) is 24.8 Å². The molecule has 3 aromatic heterocycles. The van der Waals surface area contributed by atoms with E-state index in [1.165, 1.54) is 60.7 Å². The van der Waals surface area contributed by atoms with Gasteiger partial charge in [-0.05, 0) is 93.1 Å². The van der Waals surface area contributed by atoms with Crippen molar-refractivity contribution in [2.45, 2.75) is 12.8 Å². The number of aromatic nitrogens is 3. The zero-order valence-electron chi connectivity index (χ0n) is 16.8. The molecule has 0 bridgehead atoms. The molecule has 0 N–H and O–H groups in total. The fourth-order valence-electron chi connectivity index (χ4n) is 5.78. The van der Waals surface area contributed by atoms with E-state index in [1.54, 1.807) is 0 Å². The van der Waals surface area contributed by atoms with Crippen molar-refractivity contribution in [1.82, 2.24) is 14.4 Å². The molecule has 0 fully saturated rings.